The van der Waals surface area contributed by atoms with Crippen molar-refractivity contribution in [3.05, 3.63) is 35.4 Å². The Kier molecular flexibility index (Phi) is 6.39. The maximum Gasteiger partial charge on any atom is 0.336 e. The molecule has 4 heteroatoms. The quantitative estimate of drug-likeness (QED) is 0.744. The van der Waals surface area contributed by atoms with Crippen molar-refractivity contribution in [3.8, 4) is 0 Å². The van der Waals surface area contributed by atoms with Crippen molar-refractivity contribution in [1.82, 2.24) is 5.32 Å². The van der Waals surface area contributed by atoms with Gasteiger partial charge in [-0.15, -0.1) is 0 Å². The van der Waals surface area contributed by atoms with Crippen LogP contribution in [0.5, 0.6) is 0 Å². The molecule has 0 amide bonds. The number of carboxylic acids is 1. The first kappa shape index (κ1) is 14.7. The zero-order valence-electron chi connectivity index (χ0n) is 11.0. The van der Waals surface area contributed by atoms with Crippen LogP contribution in [-0.2, 0) is 11.3 Å². The van der Waals surface area contributed by atoms with Crippen LogP contribution in [0.3, 0.4) is 0 Å². The number of carboxylic acid groups (broad SMARTS) is 1. The second kappa shape index (κ2) is 7.84. The maximum atomic E-state index is 11.1. The van der Waals surface area contributed by atoms with E-state index in [9.17, 15) is 4.79 Å². The first-order valence-electron chi connectivity index (χ1n) is 6.22. The molecule has 2 N–H and O–H groups in total. The van der Waals surface area contributed by atoms with Crippen molar-refractivity contribution in [2.24, 2.45) is 0 Å². The molecule has 0 aliphatic rings. The van der Waals surface area contributed by atoms with Crippen molar-refractivity contribution < 1.29 is 14.6 Å². The second-order valence-corrected chi connectivity index (χ2v) is 4.28. The van der Waals surface area contributed by atoms with Gasteiger partial charge in [0, 0.05) is 19.7 Å². The van der Waals surface area contributed by atoms with E-state index in [1.807, 2.05) is 12.1 Å². The van der Waals surface area contributed by atoms with E-state index in [1.165, 1.54) is 0 Å². The largest absolute Gasteiger partial charge is 0.478 e. The number of methoxy groups -OCH3 is 1. The smallest absolute Gasteiger partial charge is 0.336 e. The van der Waals surface area contributed by atoms with Crippen LogP contribution in [0.1, 0.15) is 35.7 Å². The van der Waals surface area contributed by atoms with Crippen LogP contribution in [0.2, 0.25) is 0 Å². The van der Waals surface area contributed by atoms with Crippen molar-refractivity contribution >= 4 is 5.97 Å². The molecule has 0 aliphatic heterocycles. The third-order valence-corrected chi connectivity index (χ3v) is 2.83. The summed E-state index contributed by atoms with van der Waals surface area (Å²) in [6, 6.07) is 7.33. The molecule has 1 aromatic carbocycles. The zero-order chi connectivity index (χ0) is 13.4. The van der Waals surface area contributed by atoms with Gasteiger partial charge in [-0.1, -0.05) is 31.5 Å². The van der Waals surface area contributed by atoms with E-state index in [4.69, 9.17) is 9.84 Å². The number of ether oxygens (including phenoxy) is 1. The molecule has 0 saturated carbocycles. The van der Waals surface area contributed by atoms with Gasteiger partial charge in [0.2, 0.25) is 0 Å². The van der Waals surface area contributed by atoms with Gasteiger partial charge in [-0.05, 0) is 18.1 Å². The van der Waals surface area contributed by atoms with Crippen LogP contribution in [0.4, 0.5) is 0 Å². The van der Waals surface area contributed by atoms with Crippen LogP contribution in [0, 0.1) is 0 Å². The lowest BCUT2D eigenvalue weighted by Crippen LogP contribution is -2.33. The average Bonchev–Trinajstić information content (AvgIpc) is 2.36. The molecular weight excluding hydrogens is 230 g/mol. The summed E-state index contributed by atoms with van der Waals surface area (Å²) < 4.78 is 5.14. The standard InChI is InChI=1S/C14H21NO3/c1-3-6-12(10-18-2)15-9-11-7-4-5-8-13(11)14(16)17/h4-5,7-8,12,15H,3,6,9-10H2,1-2H3,(H,16,17). The number of hydrogen-bond donors (Lipinski definition) is 2. The summed E-state index contributed by atoms with van der Waals surface area (Å²) in [5.74, 6) is -0.883. The van der Waals surface area contributed by atoms with Gasteiger partial charge in [-0.2, -0.15) is 0 Å². The van der Waals surface area contributed by atoms with E-state index in [-0.39, 0.29) is 6.04 Å². The predicted molar refractivity (Wildman–Crippen MR) is 70.8 cm³/mol. The van der Waals surface area contributed by atoms with Crippen molar-refractivity contribution in [3.63, 3.8) is 0 Å². The predicted octanol–water partition coefficient (Wildman–Crippen LogP) is 2.29. The minimum Gasteiger partial charge on any atom is -0.478 e. The van der Waals surface area contributed by atoms with E-state index in [1.54, 1.807) is 19.2 Å². The monoisotopic (exact) mass is 251 g/mol. The molecule has 0 spiro atoms. The number of aromatic carboxylic acids is 1. The molecule has 0 aromatic heterocycles. The Hall–Kier alpha value is -1.39. The molecule has 18 heavy (non-hydrogen) atoms. The summed E-state index contributed by atoms with van der Waals surface area (Å²) in [5, 5.41) is 12.4. The van der Waals surface area contributed by atoms with Crippen molar-refractivity contribution in [1.29, 1.82) is 0 Å². The highest BCUT2D eigenvalue weighted by atomic mass is 16.5. The van der Waals surface area contributed by atoms with Crippen molar-refractivity contribution in [2.45, 2.75) is 32.4 Å². The molecule has 1 unspecified atom stereocenters. The molecule has 0 heterocycles. The molecule has 0 bridgehead atoms. The molecule has 0 radical (unpaired) electrons. The fourth-order valence-corrected chi connectivity index (χ4v) is 1.93. The Labute approximate surface area is 108 Å². The van der Waals surface area contributed by atoms with Gasteiger partial charge in [0.25, 0.3) is 0 Å². The first-order valence-corrected chi connectivity index (χ1v) is 6.22. The molecule has 100 valence electrons. The average molecular weight is 251 g/mol. The Morgan fingerprint density at radius 2 is 2.17 bits per heavy atom. The minimum atomic E-state index is -0.883. The second-order valence-electron chi connectivity index (χ2n) is 4.28. The normalized spacial score (nSPS) is 12.3. The lowest BCUT2D eigenvalue weighted by molar-refractivity contribution is 0.0695. The zero-order valence-corrected chi connectivity index (χ0v) is 11.0. The topological polar surface area (TPSA) is 58.6 Å². The van der Waals surface area contributed by atoms with Crippen LogP contribution in [0.15, 0.2) is 24.3 Å². The summed E-state index contributed by atoms with van der Waals surface area (Å²) in [5.41, 5.74) is 1.17. The third-order valence-electron chi connectivity index (χ3n) is 2.83. The number of hydrogen-bond acceptors (Lipinski definition) is 3. The van der Waals surface area contributed by atoms with Gasteiger partial charge in [-0.3, -0.25) is 0 Å². The molecule has 0 aliphatic carbocycles. The summed E-state index contributed by atoms with van der Waals surface area (Å²) in [7, 11) is 1.68. The highest BCUT2D eigenvalue weighted by molar-refractivity contribution is 5.89. The van der Waals surface area contributed by atoms with E-state index in [2.05, 4.69) is 12.2 Å². The third kappa shape index (κ3) is 4.47. The molecule has 4 nitrogen and oxygen atoms in total. The number of carbonyl (C=O) groups is 1. The van der Waals surface area contributed by atoms with Crippen LogP contribution < -0.4 is 5.32 Å². The maximum absolute atomic E-state index is 11.1. The van der Waals surface area contributed by atoms with E-state index in [0.29, 0.717) is 18.7 Å². The van der Waals surface area contributed by atoms with Gasteiger partial charge >= 0.3 is 5.97 Å². The van der Waals surface area contributed by atoms with Crippen LogP contribution >= 0.6 is 0 Å². The highest BCUT2D eigenvalue weighted by Crippen LogP contribution is 2.09. The van der Waals surface area contributed by atoms with E-state index < -0.39 is 5.97 Å². The van der Waals surface area contributed by atoms with Gasteiger partial charge in [0.15, 0.2) is 0 Å². The fourth-order valence-electron chi connectivity index (χ4n) is 1.93. The number of nitrogens with one attached hydrogen (secondary N) is 1. The summed E-state index contributed by atoms with van der Waals surface area (Å²) in [4.78, 5) is 11.1. The Morgan fingerprint density at radius 3 is 2.78 bits per heavy atom. The summed E-state index contributed by atoms with van der Waals surface area (Å²) >= 11 is 0. The first-order chi connectivity index (χ1) is 8.69. The molecule has 0 saturated heterocycles. The van der Waals surface area contributed by atoms with Crippen LogP contribution in [-0.4, -0.2) is 30.8 Å². The van der Waals surface area contributed by atoms with Crippen molar-refractivity contribution in [2.75, 3.05) is 13.7 Å². The Balaban J connectivity index is 2.63. The van der Waals surface area contributed by atoms with Crippen LogP contribution in [0.25, 0.3) is 0 Å². The van der Waals surface area contributed by atoms with E-state index in [0.717, 1.165) is 18.4 Å². The minimum absolute atomic E-state index is 0.266. The number of benzene rings is 1. The molecule has 0 fully saturated rings. The molecule has 1 atom stereocenters. The molecular formula is C14H21NO3. The van der Waals surface area contributed by atoms with Gasteiger partial charge in [0.05, 0.1) is 12.2 Å². The Morgan fingerprint density at radius 1 is 1.44 bits per heavy atom. The lowest BCUT2D eigenvalue weighted by Gasteiger charge is -2.17. The van der Waals surface area contributed by atoms with E-state index >= 15 is 0 Å². The highest BCUT2D eigenvalue weighted by Gasteiger charge is 2.11. The Bertz CT molecular complexity index is 373. The van der Waals surface area contributed by atoms with Gasteiger partial charge < -0.3 is 15.2 Å². The fraction of sp³-hybridized carbons (Fsp3) is 0.500. The molecule has 1 rings (SSSR count). The lowest BCUT2D eigenvalue weighted by atomic mass is 10.1. The number of rotatable bonds is 8. The van der Waals surface area contributed by atoms with Gasteiger partial charge in [-0.25, -0.2) is 4.79 Å². The SMILES string of the molecule is CCCC(COC)NCc1ccccc1C(=O)O. The molecule has 1 aromatic rings. The van der Waals surface area contributed by atoms with Gasteiger partial charge in [0.1, 0.15) is 0 Å². The summed E-state index contributed by atoms with van der Waals surface area (Å²) in [6.07, 6.45) is 2.09. The summed E-state index contributed by atoms with van der Waals surface area (Å²) in [6.45, 7) is 3.31.